The van der Waals surface area contributed by atoms with Crippen molar-refractivity contribution in [1.82, 2.24) is 5.32 Å². The van der Waals surface area contributed by atoms with Crippen LogP contribution in [-0.2, 0) is 9.47 Å². The van der Waals surface area contributed by atoms with Crippen molar-refractivity contribution >= 4 is 23.5 Å². The lowest BCUT2D eigenvalue weighted by atomic mass is 10.00. The third-order valence-electron chi connectivity index (χ3n) is 4.52. The summed E-state index contributed by atoms with van der Waals surface area (Å²) in [5.41, 5.74) is 0.455. The first kappa shape index (κ1) is 18.2. The van der Waals surface area contributed by atoms with Crippen molar-refractivity contribution in [2.75, 3.05) is 11.9 Å². The number of hydrogen-bond donors (Lipinski definition) is 3. The van der Waals surface area contributed by atoms with E-state index in [0.29, 0.717) is 12.3 Å². The number of urea groups is 1. The fourth-order valence-electron chi connectivity index (χ4n) is 3.20. The molecule has 2 bridgehead atoms. The highest BCUT2D eigenvalue weighted by Crippen LogP contribution is 2.38. The van der Waals surface area contributed by atoms with Gasteiger partial charge in [-0.05, 0) is 36.4 Å². The number of ether oxygens (including phenoxy) is 2. The first-order valence-corrected chi connectivity index (χ1v) is 9.48. The van der Waals surface area contributed by atoms with E-state index in [9.17, 15) is 14.3 Å². The minimum atomic E-state index is -0.847. The fraction of sp³-hybridized carbons (Fsp3) is 0.316. The first-order chi connectivity index (χ1) is 13.1. The van der Waals surface area contributed by atoms with E-state index in [0.717, 1.165) is 4.90 Å². The van der Waals surface area contributed by atoms with Crippen LogP contribution in [0.25, 0.3) is 0 Å². The average Bonchev–Trinajstić information content (AvgIpc) is 3.11. The predicted molar refractivity (Wildman–Crippen MR) is 99.0 cm³/mol. The van der Waals surface area contributed by atoms with Crippen LogP contribution < -0.4 is 10.6 Å². The number of benzene rings is 2. The number of amides is 2. The van der Waals surface area contributed by atoms with Crippen LogP contribution in [0.2, 0.25) is 0 Å². The molecule has 8 heteroatoms. The summed E-state index contributed by atoms with van der Waals surface area (Å²) in [6.07, 6.45) is -1.79. The van der Waals surface area contributed by atoms with Gasteiger partial charge in [-0.3, -0.25) is 0 Å². The molecule has 6 nitrogen and oxygen atoms in total. The fourth-order valence-corrected chi connectivity index (χ4v) is 4.39. The van der Waals surface area contributed by atoms with E-state index < -0.39 is 30.6 Å². The minimum absolute atomic E-state index is 0.301. The van der Waals surface area contributed by atoms with Crippen LogP contribution in [-0.4, -0.2) is 47.5 Å². The lowest BCUT2D eigenvalue weighted by molar-refractivity contribution is -0.121. The Kier molecular flexibility index (Phi) is 5.31. The summed E-state index contributed by atoms with van der Waals surface area (Å²) in [5.74, 6) is -0.382. The lowest BCUT2D eigenvalue weighted by Gasteiger charge is -2.38. The van der Waals surface area contributed by atoms with Gasteiger partial charge in [-0.1, -0.05) is 18.2 Å². The van der Waals surface area contributed by atoms with Gasteiger partial charge in [-0.15, -0.1) is 11.8 Å². The zero-order valence-corrected chi connectivity index (χ0v) is 15.1. The number of fused-ring (bicyclic) bond motifs is 2. The molecular weight excluding hydrogens is 371 g/mol. The monoisotopic (exact) mass is 390 g/mol. The molecule has 142 valence electrons. The van der Waals surface area contributed by atoms with Crippen molar-refractivity contribution in [2.24, 2.45) is 0 Å². The van der Waals surface area contributed by atoms with Crippen LogP contribution in [0.5, 0.6) is 0 Å². The van der Waals surface area contributed by atoms with Gasteiger partial charge in [0.05, 0.1) is 24.0 Å². The van der Waals surface area contributed by atoms with Gasteiger partial charge >= 0.3 is 6.03 Å². The number of hydrogen-bond acceptors (Lipinski definition) is 5. The third kappa shape index (κ3) is 4.08. The summed E-state index contributed by atoms with van der Waals surface area (Å²) in [6.45, 7) is 0.301. The van der Waals surface area contributed by atoms with Crippen molar-refractivity contribution in [1.29, 1.82) is 0 Å². The van der Waals surface area contributed by atoms with Gasteiger partial charge in [0.1, 0.15) is 11.9 Å². The Labute approximate surface area is 160 Å². The van der Waals surface area contributed by atoms with Crippen molar-refractivity contribution in [3.63, 3.8) is 0 Å². The standard InChI is InChI=1S/C19H19FN2O4S/c20-11-6-8-12(9-7-11)21-19(24)22-15-14-10-25-18(26-14)17(16(15)23)27-13-4-2-1-3-5-13/h1-9,14-18,23H,10H2,(H2,21,22,24)/t14-,15+,16-,17-,18+/m0/s1. The van der Waals surface area contributed by atoms with Crippen LogP contribution >= 0.6 is 11.8 Å². The van der Waals surface area contributed by atoms with Crippen LogP contribution in [0.15, 0.2) is 59.5 Å². The van der Waals surface area contributed by atoms with E-state index >= 15 is 0 Å². The number of carbonyl (C=O) groups excluding carboxylic acids is 1. The second-order valence-corrected chi connectivity index (χ2v) is 7.64. The molecule has 2 fully saturated rings. The molecule has 2 aliphatic heterocycles. The SMILES string of the molecule is O=C(Nc1ccc(F)cc1)N[C@H]1[C@H](O)[C@H](Sc2ccccc2)[C@@H]2OC[C@@H]1O2. The maximum atomic E-state index is 13.0. The van der Waals surface area contributed by atoms with E-state index in [1.807, 2.05) is 30.3 Å². The molecule has 2 saturated heterocycles. The predicted octanol–water partition coefficient (Wildman–Crippen LogP) is 2.59. The molecule has 0 aromatic heterocycles. The Balaban J connectivity index is 1.43. The van der Waals surface area contributed by atoms with Crippen LogP contribution in [0.4, 0.5) is 14.9 Å². The van der Waals surface area contributed by atoms with Gasteiger partial charge in [-0.2, -0.15) is 0 Å². The van der Waals surface area contributed by atoms with Gasteiger partial charge in [-0.25, -0.2) is 9.18 Å². The topological polar surface area (TPSA) is 79.8 Å². The van der Waals surface area contributed by atoms with Gasteiger partial charge in [0.15, 0.2) is 6.29 Å². The summed E-state index contributed by atoms with van der Waals surface area (Å²) in [5, 5.41) is 15.9. The Morgan fingerprint density at radius 3 is 2.63 bits per heavy atom. The number of nitrogens with one attached hydrogen (secondary N) is 2. The van der Waals surface area contributed by atoms with Crippen molar-refractivity contribution in [3.05, 3.63) is 60.4 Å². The van der Waals surface area contributed by atoms with Crippen LogP contribution in [0.1, 0.15) is 0 Å². The molecule has 2 aliphatic rings. The van der Waals surface area contributed by atoms with Crippen LogP contribution in [0.3, 0.4) is 0 Å². The van der Waals surface area contributed by atoms with Gasteiger partial charge in [0.25, 0.3) is 0 Å². The Morgan fingerprint density at radius 2 is 1.89 bits per heavy atom. The van der Waals surface area contributed by atoms with E-state index in [4.69, 9.17) is 9.47 Å². The summed E-state index contributed by atoms with van der Waals surface area (Å²) in [4.78, 5) is 13.3. The quantitative estimate of drug-likeness (QED) is 0.748. The molecule has 2 heterocycles. The molecule has 27 heavy (non-hydrogen) atoms. The third-order valence-corrected chi connectivity index (χ3v) is 5.84. The Hall–Kier alpha value is -2.13. The molecule has 4 rings (SSSR count). The summed E-state index contributed by atoms with van der Waals surface area (Å²) < 4.78 is 24.5. The molecule has 3 N–H and O–H groups in total. The maximum absolute atomic E-state index is 13.0. The van der Waals surface area contributed by atoms with Crippen molar-refractivity contribution < 1.29 is 23.8 Å². The van der Waals surface area contributed by atoms with E-state index in [-0.39, 0.29) is 11.1 Å². The molecule has 2 aromatic carbocycles. The summed E-state index contributed by atoms with van der Waals surface area (Å²) in [7, 11) is 0. The normalized spacial score (nSPS) is 29.3. The molecule has 2 aromatic rings. The highest BCUT2D eigenvalue weighted by atomic mass is 32.2. The van der Waals surface area contributed by atoms with Crippen molar-refractivity contribution in [3.8, 4) is 0 Å². The summed E-state index contributed by atoms with van der Waals surface area (Å²) in [6, 6.07) is 14.0. The Morgan fingerprint density at radius 1 is 1.15 bits per heavy atom. The van der Waals surface area contributed by atoms with E-state index in [1.165, 1.54) is 36.0 Å². The van der Waals surface area contributed by atoms with Crippen LogP contribution in [0, 0.1) is 5.82 Å². The molecule has 0 aliphatic carbocycles. The molecule has 0 radical (unpaired) electrons. The number of rotatable bonds is 4. The number of carbonyl (C=O) groups is 1. The largest absolute Gasteiger partial charge is 0.389 e. The van der Waals surface area contributed by atoms with E-state index in [2.05, 4.69) is 10.6 Å². The molecule has 0 saturated carbocycles. The maximum Gasteiger partial charge on any atom is 0.319 e. The smallest absolute Gasteiger partial charge is 0.319 e. The lowest BCUT2D eigenvalue weighted by Crippen LogP contribution is -2.60. The molecule has 2 amide bonds. The number of thioether (sulfide) groups is 1. The van der Waals surface area contributed by atoms with Crippen molar-refractivity contribution in [2.45, 2.75) is 34.7 Å². The Bertz CT molecular complexity index is 792. The van der Waals surface area contributed by atoms with Gasteiger partial charge < -0.3 is 25.2 Å². The minimum Gasteiger partial charge on any atom is -0.389 e. The number of halogens is 1. The molecular formula is C19H19FN2O4S. The van der Waals surface area contributed by atoms with Gasteiger partial charge in [0.2, 0.25) is 0 Å². The second kappa shape index (κ2) is 7.85. The number of aliphatic hydroxyl groups excluding tert-OH is 1. The number of aliphatic hydroxyl groups is 1. The van der Waals surface area contributed by atoms with Gasteiger partial charge in [0, 0.05) is 10.6 Å². The number of anilines is 1. The molecule has 0 spiro atoms. The second-order valence-electron chi connectivity index (χ2n) is 6.39. The zero-order valence-electron chi connectivity index (χ0n) is 14.2. The average molecular weight is 390 g/mol. The van der Waals surface area contributed by atoms with E-state index in [1.54, 1.807) is 0 Å². The molecule has 0 unspecified atom stereocenters. The highest BCUT2D eigenvalue weighted by molar-refractivity contribution is 8.00. The zero-order chi connectivity index (χ0) is 18.8. The summed E-state index contributed by atoms with van der Waals surface area (Å²) >= 11 is 1.46. The highest BCUT2D eigenvalue weighted by Gasteiger charge is 2.51. The first-order valence-electron chi connectivity index (χ1n) is 8.60. The molecule has 5 atom stereocenters.